The number of benzene rings is 2. The smallest absolute Gasteiger partial charge is 0.212 e. The quantitative estimate of drug-likeness (QED) is 0.414. The van der Waals surface area contributed by atoms with E-state index in [1.54, 1.807) is 0 Å². The van der Waals surface area contributed by atoms with E-state index in [-0.39, 0.29) is 17.6 Å². The summed E-state index contributed by atoms with van der Waals surface area (Å²) in [6.45, 7) is 4.92. The third kappa shape index (κ3) is 4.33. The van der Waals surface area contributed by atoms with Crippen LogP contribution in [0.4, 0.5) is 5.69 Å². The topological polar surface area (TPSA) is 64.3 Å². The molecule has 0 unspecified atom stereocenters. The zero-order valence-corrected chi connectivity index (χ0v) is 19.5. The molecule has 0 radical (unpaired) electrons. The van der Waals surface area contributed by atoms with Crippen molar-refractivity contribution in [3.8, 4) is 0 Å². The first kappa shape index (κ1) is 22.2. The lowest BCUT2D eigenvalue weighted by Crippen LogP contribution is -2.38. The molecule has 0 atom stereocenters. The van der Waals surface area contributed by atoms with Gasteiger partial charge in [0.05, 0.1) is 10.1 Å². The van der Waals surface area contributed by atoms with Crippen LogP contribution >= 0.6 is 0 Å². The number of anilines is 1. The molecule has 166 valence electrons. The SMILES string of the molecule is CN1C(=CC=Cc2ccc3ccccc3[n+]2CCCS(=O)(=O)[O-])C(C)(C)c2ccccc21. The summed E-state index contributed by atoms with van der Waals surface area (Å²) >= 11 is 0. The van der Waals surface area contributed by atoms with Gasteiger partial charge in [-0.15, -0.1) is 0 Å². The summed E-state index contributed by atoms with van der Waals surface area (Å²) in [5.41, 5.74) is 5.60. The fourth-order valence-electron chi connectivity index (χ4n) is 4.61. The molecule has 4 rings (SSSR count). The molecule has 2 heterocycles. The van der Waals surface area contributed by atoms with E-state index >= 15 is 0 Å². The standard InChI is InChI=1S/C26H28N2O3S/c1-26(2)22-12-5-7-14-24(22)27(3)25(26)15-8-11-21-17-16-20-10-4-6-13-23(20)28(21)18-9-19-32(29,30)31/h4-8,10-17H,9,18-19H2,1-3H3. The molecule has 1 aliphatic rings. The summed E-state index contributed by atoms with van der Waals surface area (Å²) in [5.74, 6) is -0.367. The maximum atomic E-state index is 11.1. The van der Waals surface area contributed by atoms with Gasteiger partial charge in [0, 0.05) is 59.6 Å². The van der Waals surface area contributed by atoms with Crippen LogP contribution in [-0.2, 0) is 22.1 Å². The molecule has 1 aromatic heterocycles. The van der Waals surface area contributed by atoms with Crippen molar-refractivity contribution in [1.29, 1.82) is 0 Å². The van der Waals surface area contributed by atoms with Crippen molar-refractivity contribution in [3.05, 3.63) is 89.8 Å². The first-order valence-electron chi connectivity index (χ1n) is 10.8. The number of hydrogen-bond acceptors (Lipinski definition) is 4. The number of para-hydroxylation sites is 2. The van der Waals surface area contributed by atoms with Crippen LogP contribution in [0, 0.1) is 0 Å². The van der Waals surface area contributed by atoms with Gasteiger partial charge >= 0.3 is 0 Å². The summed E-state index contributed by atoms with van der Waals surface area (Å²) in [6.07, 6.45) is 6.50. The Morgan fingerprint density at radius 2 is 1.75 bits per heavy atom. The first-order chi connectivity index (χ1) is 15.2. The Morgan fingerprint density at radius 3 is 2.50 bits per heavy atom. The van der Waals surface area contributed by atoms with Gasteiger partial charge in [-0.1, -0.05) is 50.3 Å². The number of aryl methyl sites for hydroxylation is 1. The van der Waals surface area contributed by atoms with Crippen LogP contribution in [0.15, 0.2) is 78.5 Å². The minimum Gasteiger partial charge on any atom is -0.748 e. The molecule has 5 nitrogen and oxygen atoms in total. The second kappa shape index (κ2) is 8.52. The molecule has 0 aliphatic carbocycles. The average molecular weight is 449 g/mol. The van der Waals surface area contributed by atoms with Crippen LogP contribution in [0.1, 0.15) is 31.5 Å². The second-order valence-electron chi connectivity index (χ2n) is 8.70. The highest BCUT2D eigenvalue weighted by Crippen LogP contribution is 2.46. The molecule has 0 bridgehead atoms. The van der Waals surface area contributed by atoms with Gasteiger partial charge in [-0.2, -0.15) is 4.57 Å². The van der Waals surface area contributed by atoms with Gasteiger partial charge in [0.2, 0.25) is 11.2 Å². The van der Waals surface area contributed by atoms with Gasteiger partial charge in [-0.05, 0) is 29.8 Å². The summed E-state index contributed by atoms with van der Waals surface area (Å²) in [4.78, 5) is 2.23. The van der Waals surface area contributed by atoms with Crippen molar-refractivity contribution < 1.29 is 17.5 Å². The van der Waals surface area contributed by atoms with E-state index < -0.39 is 10.1 Å². The predicted molar refractivity (Wildman–Crippen MR) is 128 cm³/mol. The number of rotatable bonds is 6. The minimum absolute atomic E-state index is 0.0997. The van der Waals surface area contributed by atoms with Crippen LogP contribution < -0.4 is 9.47 Å². The number of likely N-dealkylation sites (N-methyl/N-ethyl adjacent to an activating group) is 1. The Morgan fingerprint density at radius 1 is 1.03 bits per heavy atom. The van der Waals surface area contributed by atoms with Gasteiger partial charge in [0.1, 0.15) is 0 Å². The molecule has 0 N–H and O–H groups in total. The van der Waals surface area contributed by atoms with Gasteiger partial charge in [0.15, 0.2) is 6.54 Å². The monoisotopic (exact) mass is 448 g/mol. The molecule has 0 fully saturated rings. The maximum Gasteiger partial charge on any atom is 0.212 e. The van der Waals surface area contributed by atoms with E-state index in [2.05, 4.69) is 66.8 Å². The van der Waals surface area contributed by atoms with Crippen LogP contribution in [0.5, 0.6) is 0 Å². The van der Waals surface area contributed by atoms with Crippen molar-refractivity contribution in [1.82, 2.24) is 0 Å². The van der Waals surface area contributed by atoms with E-state index in [4.69, 9.17) is 0 Å². The number of nitrogens with zero attached hydrogens (tertiary/aromatic N) is 2. The van der Waals surface area contributed by atoms with E-state index in [9.17, 15) is 13.0 Å². The highest BCUT2D eigenvalue weighted by Gasteiger charge is 2.37. The van der Waals surface area contributed by atoms with E-state index in [1.165, 1.54) is 16.9 Å². The Hall–Kier alpha value is -2.96. The molecule has 0 spiro atoms. The van der Waals surface area contributed by atoms with Gasteiger partial charge in [-0.25, -0.2) is 8.42 Å². The zero-order chi connectivity index (χ0) is 22.9. The predicted octanol–water partition coefficient (Wildman–Crippen LogP) is 4.39. The summed E-state index contributed by atoms with van der Waals surface area (Å²) in [6, 6.07) is 20.5. The molecule has 2 aromatic carbocycles. The zero-order valence-electron chi connectivity index (χ0n) is 18.7. The van der Waals surface area contributed by atoms with Gasteiger partial charge < -0.3 is 9.45 Å². The molecule has 1 aliphatic heterocycles. The normalized spacial score (nSPS) is 16.9. The van der Waals surface area contributed by atoms with Crippen molar-refractivity contribution >= 4 is 32.8 Å². The molecular formula is C26H28N2O3S. The number of allylic oxidation sites excluding steroid dienone is 3. The summed E-state index contributed by atoms with van der Waals surface area (Å²) < 4.78 is 35.3. The van der Waals surface area contributed by atoms with Gasteiger partial charge in [-0.3, -0.25) is 0 Å². The first-order valence-corrected chi connectivity index (χ1v) is 12.3. The lowest BCUT2D eigenvalue weighted by molar-refractivity contribution is -0.673. The Labute approximate surface area is 190 Å². The van der Waals surface area contributed by atoms with E-state index in [0.29, 0.717) is 6.54 Å². The number of aromatic nitrogens is 1. The summed E-state index contributed by atoms with van der Waals surface area (Å²) in [7, 11) is -2.14. The van der Waals surface area contributed by atoms with Gasteiger partial charge in [0.25, 0.3) is 0 Å². The van der Waals surface area contributed by atoms with Crippen LogP contribution in [0.3, 0.4) is 0 Å². The Kier molecular flexibility index (Phi) is 5.93. The number of fused-ring (bicyclic) bond motifs is 2. The Bertz CT molecular complexity index is 1320. The third-order valence-electron chi connectivity index (χ3n) is 6.21. The number of hydrogen-bond donors (Lipinski definition) is 0. The largest absolute Gasteiger partial charge is 0.748 e. The minimum atomic E-state index is -4.23. The molecule has 0 saturated heterocycles. The van der Waals surface area contributed by atoms with Crippen molar-refractivity contribution in [2.24, 2.45) is 0 Å². The highest BCUT2D eigenvalue weighted by atomic mass is 32.2. The van der Waals surface area contributed by atoms with Crippen molar-refractivity contribution in [3.63, 3.8) is 0 Å². The Balaban J connectivity index is 1.68. The molecule has 0 amide bonds. The molecule has 6 heteroatoms. The third-order valence-corrected chi connectivity index (χ3v) is 7.00. The lowest BCUT2D eigenvalue weighted by atomic mass is 9.84. The van der Waals surface area contributed by atoms with E-state index in [1.807, 2.05) is 42.5 Å². The maximum absolute atomic E-state index is 11.1. The average Bonchev–Trinajstić information content (AvgIpc) is 2.94. The van der Waals surface area contributed by atoms with Crippen molar-refractivity contribution in [2.45, 2.75) is 32.2 Å². The van der Waals surface area contributed by atoms with E-state index in [0.717, 1.165) is 16.6 Å². The highest BCUT2D eigenvalue weighted by molar-refractivity contribution is 7.85. The molecule has 3 aromatic rings. The fraction of sp³-hybridized carbons (Fsp3) is 0.269. The molecule has 32 heavy (non-hydrogen) atoms. The van der Waals surface area contributed by atoms with Crippen LogP contribution in [0.25, 0.3) is 17.0 Å². The lowest BCUT2D eigenvalue weighted by Gasteiger charge is -2.23. The fourth-order valence-corrected chi connectivity index (χ4v) is 5.10. The van der Waals surface area contributed by atoms with Crippen molar-refractivity contribution in [2.75, 3.05) is 17.7 Å². The second-order valence-corrected chi connectivity index (χ2v) is 10.2. The number of pyridine rings is 1. The molecule has 0 saturated carbocycles. The van der Waals surface area contributed by atoms with Crippen LogP contribution in [-0.4, -0.2) is 25.8 Å². The van der Waals surface area contributed by atoms with Crippen LogP contribution in [0.2, 0.25) is 0 Å². The summed E-state index contributed by atoms with van der Waals surface area (Å²) in [5, 5.41) is 1.07. The molecular weight excluding hydrogens is 420 g/mol.